The van der Waals surface area contributed by atoms with Gasteiger partial charge in [-0.25, -0.2) is 0 Å². The van der Waals surface area contributed by atoms with Crippen LogP contribution in [-0.2, 0) is 0 Å². The topological polar surface area (TPSA) is 56.1 Å². The van der Waals surface area contributed by atoms with Gasteiger partial charge in [0.25, 0.3) is 5.91 Å². The van der Waals surface area contributed by atoms with Gasteiger partial charge < -0.3 is 5.32 Å². The molecular weight excluding hydrogens is 389 g/mol. The molecule has 1 aliphatic rings. The van der Waals surface area contributed by atoms with Crippen LogP contribution in [0.1, 0.15) is 23.2 Å². The van der Waals surface area contributed by atoms with E-state index in [1.165, 1.54) is 0 Å². The number of rotatable bonds is 3. The number of halogens is 2. The Bertz CT molecular complexity index is 536. The largest absolute Gasteiger partial charge is 0.349 e. The second-order valence-corrected chi connectivity index (χ2v) is 6.38. The summed E-state index contributed by atoms with van der Waals surface area (Å²) in [5.74, 6) is -0.0815. The minimum absolute atomic E-state index is 0.0815. The molecule has 0 unspecified atom stereocenters. The molecule has 106 valence electrons. The maximum Gasteiger partial charge on any atom is 0.251 e. The average molecular weight is 404 g/mol. The van der Waals surface area contributed by atoms with Crippen LogP contribution in [0.3, 0.4) is 0 Å². The smallest absolute Gasteiger partial charge is 0.251 e. The second-order valence-electron chi connectivity index (χ2n) is 4.81. The highest BCUT2D eigenvalue weighted by Gasteiger charge is 2.21. The van der Waals surface area contributed by atoms with Gasteiger partial charge in [-0.3, -0.25) is 9.69 Å². The molecule has 1 N–H and O–H groups in total. The Morgan fingerprint density at radius 2 is 2.20 bits per heavy atom. The predicted octanol–water partition coefficient (Wildman–Crippen LogP) is 2.66. The molecule has 1 aliphatic heterocycles. The molecular formula is C14H15ClIN3O. The van der Waals surface area contributed by atoms with Crippen LogP contribution in [0.25, 0.3) is 0 Å². The lowest BCUT2D eigenvalue weighted by atomic mass is 10.0. The van der Waals surface area contributed by atoms with Gasteiger partial charge in [0.15, 0.2) is 0 Å². The molecule has 4 nitrogen and oxygen atoms in total. The Balaban J connectivity index is 1.89. The lowest BCUT2D eigenvalue weighted by molar-refractivity contribution is 0.0914. The van der Waals surface area contributed by atoms with Gasteiger partial charge in [-0.2, -0.15) is 5.26 Å². The Hall–Kier alpha value is -0.840. The van der Waals surface area contributed by atoms with Gasteiger partial charge in [-0.1, -0.05) is 11.6 Å². The molecule has 1 amide bonds. The summed E-state index contributed by atoms with van der Waals surface area (Å²) in [4.78, 5) is 14.2. The summed E-state index contributed by atoms with van der Waals surface area (Å²) in [6.45, 7) is 2.17. The van der Waals surface area contributed by atoms with Crippen molar-refractivity contribution in [3.63, 3.8) is 0 Å². The van der Waals surface area contributed by atoms with E-state index in [9.17, 15) is 4.79 Å². The molecule has 6 heteroatoms. The van der Waals surface area contributed by atoms with Crippen molar-refractivity contribution in [2.24, 2.45) is 0 Å². The molecule has 1 fully saturated rings. The number of carbonyl (C=O) groups is 1. The normalized spacial score (nSPS) is 16.6. The quantitative estimate of drug-likeness (QED) is 0.624. The number of hydrogen-bond acceptors (Lipinski definition) is 3. The van der Waals surface area contributed by atoms with Crippen molar-refractivity contribution >= 4 is 40.1 Å². The zero-order chi connectivity index (χ0) is 14.5. The van der Waals surface area contributed by atoms with Crippen LogP contribution in [0.2, 0.25) is 5.02 Å². The van der Waals surface area contributed by atoms with Gasteiger partial charge in [0.2, 0.25) is 0 Å². The molecule has 0 atom stereocenters. The molecule has 1 aromatic rings. The number of piperidine rings is 1. The van der Waals surface area contributed by atoms with Crippen molar-refractivity contribution in [1.29, 1.82) is 5.26 Å². The first kappa shape index (κ1) is 15.5. The highest BCUT2D eigenvalue weighted by Crippen LogP contribution is 2.20. The van der Waals surface area contributed by atoms with E-state index >= 15 is 0 Å². The summed E-state index contributed by atoms with van der Waals surface area (Å²) in [5, 5.41) is 12.3. The van der Waals surface area contributed by atoms with E-state index < -0.39 is 0 Å². The Morgan fingerprint density at radius 3 is 2.80 bits per heavy atom. The van der Waals surface area contributed by atoms with Crippen molar-refractivity contribution in [1.82, 2.24) is 10.2 Å². The molecule has 1 saturated heterocycles. The number of nitrogens with one attached hydrogen (secondary N) is 1. The fourth-order valence-electron chi connectivity index (χ4n) is 2.24. The van der Waals surface area contributed by atoms with Gasteiger partial charge in [0.1, 0.15) is 0 Å². The third-order valence-electron chi connectivity index (χ3n) is 3.40. The molecule has 2 rings (SSSR count). The Labute approximate surface area is 137 Å². The third kappa shape index (κ3) is 4.08. The zero-order valence-corrected chi connectivity index (χ0v) is 13.8. The van der Waals surface area contributed by atoms with Crippen LogP contribution >= 0.6 is 34.2 Å². The minimum Gasteiger partial charge on any atom is -0.349 e. The van der Waals surface area contributed by atoms with E-state index in [4.69, 9.17) is 16.9 Å². The van der Waals surface area contributed by atoms with Crippen LogP contribution in [-0.4, -0.2) is 36.5 Å². The van der Waals surface area contributed by atoms with E-state index in [-0.39, 0.29) is 11.9 Å². The van der Waals surface area contributed by atoms with Gasteiger partial charge in [0, 0.05) is 28.3 Å². The summed E-state index contributed by atoms with van der Waals surface area (Å²) >= 11 is 8.16. The van der Waals surface area contributed by atoms with Crippen molar-refractivity contribution in [2.75, 3.05) is 19.6 Å². The van der Waals surface area contributed by atoms with Crippen LogP contribution in [0, 0.1) is 14.9 Å². The van der Waals surface area contributed by atoms with E-state index in [2.05, 4.69) is 38.9 Å². The highest BCUT2D eigenvalue weighted by atomic mass is 127. The van der Waals surface area contributed by atoms with Gasteiger partial charge in [0.05, 0.1) is 17.6 Å². The summed E-state index contributed by atoms with van der Waals surface area (Å²) in [5.41, 5.74) is 0.592. The predicted molar refractivity (Wildman–Crippen MR) is 86.7 cm³/mol. The van der Waals surface area contributed by atoms with Crippen LogP contribution in [0.4, 0.5) is 0 Å². The molecule has 0 radical (unpaired) electrons. The van der Waals surface area contributed by atoms with Crippen molar-refractivity contribution in [2.45, 2.75) is 18.9 Å². The van der Waals surface area contributed by atoms with Crippen LogP contribution in [0.5, 0.6) is 0 Å². The summed E-state index contributed by atoms with van der Waals surface area (Å²) in [6, 6.07) is 7.65. The fraction of sp³-hybridized carbons (Fsp3) is 0.429. The maximum absolute atomic E-state index is 12.1. The lowest BCUT2D eigenvalue weighted by Gasteiger charge is -2.30. The molecule has 20 heavy (non-hydrogen) atoms. The van der Waals surface area contributed by atoms with Crippen LogP contribution in [0.15, 0.2) is 18.2 Å². The molecule has 0 aliphatic carbocycles. The highest BCUT2D eigenvalue weighted by molar-refractivity contribution is 14.1. The molecule has 1 aromatic carbocycles. The van der Waals surface area contributed by atoms with Crippen molar-refractivity contribution < 1.29 is 4.79 Å². The fourth-order valence-corrected chi connectivity index (χ4v) is 2.76. The standard InChI is InChI=1S/C14H15ClIN3O/c15-12-9-10(1-2-13(12)16)14(20)18-11-3-6-19(7-4-11)8-5-17/h1-2,9,11H,3-4,6-8H2,(H,18,20). The number of hydrogen-bond donors (Lipinski definition) is 1. The lowest BCUT2D eigenvalue weighted by Crippen LogP contribution is -2.44. The number of likely N-dealkylation sites (tertiary alicyclic amines) is 1. The van der Waals surface area contributed by atoms with E-state index in [0.717, 1.165) is 29.5 Å². The average Bonchev–Trinajstić information content (AvgIpc) is 2.44. The molecule has 0 aromatic heterocycles. The molecule has 0 saturated carbocycles. The first-order chi connectivity index (χ1) is 9.60. The van der Waals surface area contributed by atoms with Crippen molar-refractivity contribution in [3.8, 4) is 6.07 Å². The zero-order valence-electron chi connectivity index (χ0n) is 10.9. The molecule has 0 bridgehead atoms. The van der Waals surface area contributed by atoms with Gasteiger partial charge in [-0.05, 0) is 53.6 Å². The monoisotopic (exact) mass is 403 g/mol. The first-order valence-corrected chi connectivity index (χ1v) is 7.91. The summed E-state index contributed by atoms with van der Waals surface area (Å²) in [6.07, 6.45) is 1.76. The van der Waals surface area contributed by atoms with Gasteiger partial charge >= 0.3 is 0 Å². The second kappa shape index (κ2) is 7.25. The van der Waals surface area contributed by atoms with Crippen LogP contribution < -0.4 is 5.32 Å². The Morgan fingerprint density at radius 1 is 1.50 bits per heavy atom. The summed E-state index contributed by atoms with van der Waals surface area (Å²) in [7, 11) is 0. The van der Waals surface area contributed by atoms with E-state index in [1.807, 2.05) is 6.07 Å². The van der Waals surface area contributed by atoms with E-state index in [1.54, 1.807) is 12.1 Å². The van der Waals surface area contributed by atoms with Gasteiger partial charge in [-0.15, -0.1) is 0 Å². The van der Waals surface area contributed by atoms with Crippen molar-refractivity contribution in [3.05, 3.63) is 32.4 Å². The number of nitriles is 1. The summed E-state index contributed by atoms with van der Waals surface area (Å²) < 4.78 is 0.936. The number of nitrogens with zero attached hydrogens (tertiary/aromatic N) is 2. The number of carbonyl (C=O) groups excluding carboxylic acids is 1. The van der Waals surface area contributed by atoms with E-state index in [0.29, 0.717) is 17.1 Å². The SMILES string of the molecule is N#CCN1CCC(NC(=O)c2ccc(I)c(Cl)c2)CC1. The molecule has 1 heterocycles. The Kier molecular flexibility index (Phi) is 5.64. The number of amides is 1. The number of benzene rings is 1. The molecule has 0 spiro atoms. The third-order valence-corrected chi connectivity index (χ3v) is 4.97. The maximum atomic E-state index is 12.1. The first-order valence-electron chi connectivity index (χ1n) is 6.45. The minimum atomic E-state index is -0.0815.